The van der Waals surface area contributed by atoms with Gasteiger partial charge in [-0.1, -0.05) is 12.1 Å². The zero-order valence-electron chi connectivity index (χ0n) is 8.82. The Morgan fingerprint density at radius 2 is 2.33 bits per heavy atom. The topological polar surface area (TPSA) is 21.3 Å². The molecule has 0 bridgehead atoms. The molecule has 2 atom stereocenters. The van der Waals surface area contributed by atoms with Crippen LogP contribution in [0.3, 0.4) is 0 Å². The van der Waals surface area contributed by atoms with Crippen molar-refractivity contribution in [1.82, 2.24) is 5.32 Å². The zero-order chi connectivity index (χ0) is 9.60. The van der Waals surface area contributed by atoms with Gasteiger partial charge >= 0.3 is 0 Å². The fraction of sp³-hybridized carbons (Fsp3) is 0.500. The molecule has 0 amide bonds. The number of nitrogens with one attached hydrogen (secondary N) is 1. The normalized spacial score (nSPS) is 31.7. The summed E-state index contributed by atoms with van der Waals surface area (Å²) in [6.07, 6.45) is 1.35. The standard InChI is InChI=1S/C12H15NO.ClH/c1-14-11-4-2-3-9(5-11)12-6-10(12)7-13-8-12;/h2-5,10,13H,6-8H2,1H3;1H. The van der Waals surface area contributed by atoms with Crippen LogP contribution in [-0.2, 0) is 5.41 Å². The number of piperidine rings is 1. The first-order valence-corrected chi connectivity index (χ1v) is 5.20. The molecule has 2 nitrogen and oxygen atoms in total. The molecular formula is C12H16ClNO. The van der Waals surface area contributed by atoms with Gasteiger partial charge in [0.2, 0.25) is 0 Å². The van der Waals surface area contributed by atoms with E-state index in [4.69, 9.17) is 4.74 Å². The molecule has 2 fully saturated rings. The smallest absolute Gasteiger partial charge is 0.119 e. The summed E-state index contributed by atoms with van der Waals surface area (Å²) in [7, 11) is 1.73. The Morgan fingerprint density at radius 1 is 1.47 bits per heavy atom. The van der Waals surface area contributed by atoms with Gasteiger partial charge in [-0.2, -0.15) is 0 Å². The van der Waals surface area contributed by atoms with Crippen LogP contribution < -0.4 is 10.1 Å². The molecule has 1 N–H and O–H groups in total. The van der Waals surface area contributed by atoms with E-state index in [1.807, 2.05) is 6.07 Å². The molecule has 0 aromatic heterocycles. The minimum absolute atomic E-state index is 0. The Balaban J connectivity index is 0.000000853. The predicted octanol–water partition coefficient (Wildman–Crippen LogP) is 1.98. The van der Waals surface area contributed by atoms with E-state index >= 15 is 0 Å². The highest BCUT2D eigenvalue weighted by molar-refractivity contribution is 5.85. The van der Waals surface area contributed by atoms with Crippen LogP contribution in [0, 0.1) is 5.92 Å². The van der Waals surface area contributed by atoms with Crippen molar-refractivity contribution >= 4 is 12.4 Å². The van der Waals surface area contributed by atoms with E-state index in [1.54, 1.807) is 7.11 Å². The van der Waals surface area contributed by atoms with E-state index in [-0.39, 0.29) is 12.4 Å². The van der Waals surface area contributed by atoms with Gasteiger partial charge in [-0.05, 0) is 36.6 Å². The van der Waals surface area contributed by atoms with Crippen LogP contribution in [0.25, 0.3) is 0 Å². The zero-order valence-corrected chi connectivity index (χ0v) is 9.64. The lowest BCUT2D eigenvalue weighted by Crippen LogP contribution is -2.19. The Morgan fingerprint density at radius 3 is 2.93 bits per heavy atom. The highest BCUT2D eigenvalue weighted by atomic mass is 35.5. The number of benzene rings is 1. The van der Waals surface area contributed by atoms with Crippen molar-refractivity contribution in [2.24, 2.45) is 5.92 Å². The lowest BCUT2D eigenvalue weighted by atomic mass is 9.95. The van der Waals surface area contributed by atoms with Crippen molar-refractivity contribution < 1.29 is 4.74 Å². The maximum atomic E-state index is 5.26. The number of rotatable bonds is 2. The molecule has 1 aliphatic heterocycles. The fourth-order valence-corrected chi connectivity index (χ4v) is 2.72. The van der Waals surface area contributed by atoms with Crippen molar-refractivity contribution in [2.45, 2.75) is 11.8 Å². The Kier molecular flexibility index (Phi) is 2.65. The number of fused-ring (bicyclic) bond motifs is 1. The van der Waals surface area contributed by atoms with Crippen LogP contribution in [0.1, 0.15) is 12.0 Å². The molecule has 0 spiro atoms. The van der Waals surface area contributed by atoms with Gasteiger partial charge in [-0.3, -0.25) is 0 Å². The van der Waals surface area contributed by atoms with Gasteiger partial charge in [0.15, 0.2) is 0 Å². The molecule has 1 heterocycles. The quantitative estimate of drug-likeness (QED) is 0.831. The minimum atomic E-state index is 0. The molecule has 3 rings (SSSR count). The lowest BCUT2D eigenvalue weighted by molar-refractivity contribution is 0.413. The van der Waals surface area contributed by atoms with Crippen LogP contribution in [-0.4, -0.2) is 20.2 Å². The number of hydrogen-bond donors (Lipinski definition) is 1. The molecule has 82 valence electrons. The van der Waals surface area contributed by atoms with E-state index < -0.39 is 0 Å². The Hall–Kier alpha value is -0.730. The molecular weight excluding hydrogens is 210 g/mol. The second-order valence-corrected chi connectivity index (χ2v) is 4.42. The molecule has 1 saturated heterocycles. The predicted molar refractivity (Wildman–Crippen MR) is 62.9 cm³/mol. The molecule has 0 radical (unpaired) electrons. The average Bonchev–Trinajstić information content (AvgIpc) is 2.82. The summed E-state index contributed by atoms with van der Waals surface area (Å²) < 4.78 is 5.26. The number of methoxy groups -OCH3 is 1. The van der Waals surface area contributed by atoms with Crippen LogP contribution in [0.2, 0.25) is 0 Å². The summed E-state index contributed by atoms with van der Waals surface area (Å²) in [5.74, 6) is 1.85. The first-order valence-electron chi connectivity index (χ1n) is 5.20. The van der Waals surface area contributed by atoms with Gasteiger partial charge in [-0.15, -0.1) is 12.4 Å². The molecule has 1 saturated carbocycles. The number of ether oxygens (including phenoxy) is 1. The summed E-state index contributed by atoms with van der Waals surface area (Å²) in [4.78, 5) is 0. The minimum Gasteiger partial charge on any atom is -0.497 e. The van der Waals surface area contributed by atoms with E-state index in [9.17, 15) is 0 Å². The molecule has 1 aliphatic carbocycles. The maximum Gasteiger partial charge on any atom is 0.119 e. The van der Waals surface area contributed by atoms with Crippen molar-refractivity contribution in [3.05, 3.63) is 29.8 Å². The van der Waals surface area contributed by atoms with E-state index in [0.717, 1.165) is 18.2 Å². The van der Waals surface area contributed by atoms with Gasteiger partial charge < -0.3 is 10.1 Å². The molecule has 3 heteroatoms. The van der Waals surface area contributed by atoms with E-state index in [1.165, 1.54) is 18.5 Å². The van der Waals surface area contributed by atoms with E-state index in [0.29, 0.717) is 5.41 Å². The summed E-state index contributed by atoms with van der Waals surface area (Å²) in [6, 6.07) is 8.53. The molecule has 2 aliphatic rings. The maximum absolute atomic E-state index is 5.26. The van der Waals surface area contributed by atoms with Gasteiger partial charge in [-0.25, -0.2) is 0 Å². The van der Waals surface area contributed by atoms with E-state index in [2.05, 4.69) is 23.5 Å². The summed E-state index contributed by atoms with van der Waals surface area (Å²) in [5.41, 5.74) is 1.90. The first-order chi connectivity index (χ1) is 6.85. The van der Waals surface area contributed by atoms with Crippen LogP contribution in [0.4, 0.5) is 0 Å². The van der Waals surface area contributed by atoms with Crippen LogP contribution >= 0.6 is 12.4 Å². The second kappa shape index (κ2) is 3.69. The lowest BCUT2D eigenvalue weighted by Gasteiger charge is -2.13. The van der Waals surface area contributed by atoms with Crippen LogP contribution in [0.5, 0.6) is 5.75 Å². The molecule has 2 unspecified atom stereocenters. The third kappa shape index (κ3) is 1.52. The largest absolute Gasteiger partial charge is 0.497 e. The molecule has 1 aromatic rings. The first kappa shape index (κ1) is 10.8. The van der Waals surface area contributed by atoms with Crippen molar-refractivity contribution in [3.8, 4) is 5.75 Å². The van der Waals surface area contributed by atoms with Gasteiger partial charge in [0.05, 0.1) is 7.11 Å². The van der Waals surface area contributed by atoms with Crippen LogP contribution in [0.15, 0.2) is 24.3 Å². The van der Waals surface area contributed by atoms with Gasteiger partial charge in [0.1, 0.15) is 5.75 Å². The van der Waals surface area contributed by atoms with Crippen molar-refractivity contribution in [2.75, 3.05) is 20.2 Å². The van der Waals surface area contributed by atoms with Crippen molar-refractivity contribution in [1.29, 1.82) is 0 Å². The summed E-state index contributed by atoms with van der Waals surface area (Å²) in [6.45, 7) is 2.34. The summed E-state index contributed by atoms with van der Waals surface area (Å²) in [5, 5.41) is 3.46. The van der Waals surface area contributed by atoms with Gasteiger partial charge in [0.25, 0.3) is 0 Å². The average molecular weight is 226 g/mol. The third-order valence-corrected chi connectivity index (χ3v) is 3.71. The SMILES string of the molecule is COc1cccc(C23CNCC2C3)c1.Cl. The van der Waals surface area contributed by atoms with Gasteiger partial charge in [0, 0.05) is 12.0 Å². The third-order valence-electron chi connectivity index (χ3n) is 3.71. The fourth-order valence-electron chi connectivity index (χ4n) is 2.72. The molecule has 15 heavy (non-hydrogen) atoms. The highest BCUT2D eigenvalue weighted by Crippen LogP contribution is 2.56. The Bertz CT molecular complexity index is 368. The summed E-state index contributed by atoms with van der Waals surface area (Å²) >= 11 is 0. The highest BCUT2D eigenvalue weighted by Gasteiger charge is 2.57. The molecule has 1 aromatic carbocycles. The van der Waals surface area contributed by atoms with Crippen molar-refractivity contribution in [3.63, 3.8) is 0 Å². The monoisotopic (exact) mass is 225 g/mol. The number of halogens is 1. The second-order valence-electron chi connectivity index (χ2n) is 4.42. The number of hydrogen-bond acceptors (Lipinski definition) is 2. The Labute approximate surface area is 96.4 Å².